The van der Waals surface area contributed by atoms with Crippen molar-refractivity contribution < 1.29 is 18.3 Å². The molecular formula is C16H21F2NO2. The van der Waals surface area contributed by atoms with Crippen molar-refractivity contribution in [2.24, 2.45) is 0 Å². The van der Waals surface area contributed by atoms with E-state index in [9.17, 15) is 8.78 Å². The molecule has 1 unspecified atom stereocenters. The molecule has 3 nitrogen and oxygen atoms in total. The van der Waals surface area contributed by atoms with E-state index in [1.54, 1.807) is 12.1 Å². The molecule has 1 aliphatic heterocycles. The van der Waals surface area contributed by atoms with Crippen molar-refractivity contribution in [1.29, 1.82) is 0 Å². The van der Waals surface area contributed by atoms with Crippen molar-refractivity contribution in [3.63, 3.8) is 0 Å². The van der Waals surface area contributed by atoms with E-state index in [1.807, 2.05) is 6.07 Å². The van der Waals surface area contributed by atoms with Crippen LogP contribution in [0, 0.1) is 0 Å². The van der Waals surface area contributed by atoms with Crippen molar-refractivity contribution in [3.05, 3.63) is 29.3 Å². The Labute approximate surface area is 123 Å². The fourth-order valence-electron chi connectivity index (χ4n) is 3.29. The summed E-state index contributed by atoms with van der Waals surface area (Å²) in [6, 6.07) is 6.15. The van der Waals surface area contributed by atoms with E-state index < -0.39 is 6.61 Å². The van der Waals surface area contributed by atoms with Crippen molar-refractivity contribution in [2.75, 3.05) is 13.2 Å². The van der Waals surface area contributed by atoms with Crippen LogP contribution >= 0.6 is 0 Å². The minimum atomic E-state index is -2.76. The van der Waals surface area contributed by atoms with E-state index in [4.69, 9.17) is 4.74 Å². The van der Waals surface area contributed by atoms with E-state index in [0.717, 1.165) is 50.9 Å². The van der Waals surface area contributed by atoms with E-state index in [-0.39, 0.29) is 5.75 Å². The van der Waals surface area contributed by atoms with Crippen LogP contribution in [-0.4, -0.2) is 25.9 Å². The molecule has 21 heavy (non-hydrogen) atoms. The van der Waals surface area contributed by atoms with Crippen molar-refractivity contribution >= 4 is 0 Å². The van der Waals surface area contributed by atoms with Gasteiger partial charge in [0.15, 0.2) is 0 Å². The molecule has 1 aromatic carbocycles. The molecule has 1 aromatic rings. The van der Waals surface area contributed by atoms with Gasteiger partial charge in [0.25, 0.3) is 0 Å². The fourth-order valence-corrected chi connectivity index (χ4v) is 3.29. The van der Waals surface area contributed by atoms with Crippen LogP contribution in [0.1, 0.15) is 42.9 Å². The molecule has 0 aromatic heterocycles. The van der Waals surface area contributed by atoms with E-state index in [1.165, 1.54) is 5.56 Å². The number of halogens is 2. The zero-order valence-electron chi connectivity index (χ0n) is 12.0. The second-order valence-electron chi connectivity index (χ2n) is 5.74. The molecule has 1 saturated heterocycles. The standard InChI is InChI=1S/C16H21F2NO2/c17-16(18)21-13-4-5-14-11(10-13)2-1-3-15(14)19-12-6-8-20-9-7-12/h4-5,10,12,15-16,19H,1-3,6-9H2. The Morgan fingerprint density at radius 3 is 2.76 bits per heavy atom. The van der Waals surface area contributed by atoms with Gasteiger partial charge >= 0.3 is 6.61 Å². The fraction of sp³-hybridized carbons (Fsp3) is 0.625. The van der Waals surface area contributed by atoms with Gasteiger partial charge in [-0.1, -0.05) is 6.07 Å². The summed E-state index contributed by atoms with van der Waals surface area (Å²) < 4.78 is 34.5. The van der Waals surface area contributed by atoms with Gasteiger partial charge in [-0.3, -0.25) is 0 Å². The van der Waals surface area contributed by atoms with Gasteiger partial charge in [-0.05, 0) is 55.4 Å². The molecule has 3 rings (SSSR count). The molecule has 1 aliphatic carbocycles. The van der Waals surface area contributed by atoms with Gasteiger partial charge in [0.1, 0.15) is 5.75 Å². The third-order valence-corrected chi connectivity index (χ3v) is 4.31. The summed E-state index contributed by atoms with van der Waals surface area (Å²) in [4.78, 5) is 0. The Kier molecular flexibility index (Phi) is 4.70. The predicted octanol–water partition coefficient (Wildman–Crippen LogP) is 3.43. The van der Waals surface area contributed by atoms with Gasteiger partial charge in [-0.25, -0.2) is 0 Å². The number of benzene rings is 1. The molecule has 0 radical (unpaired) electrons. The Morgan fingerprint density at radius 2 is 2.00 bits per heavy atom. The lowest BCUT2D eigenvalue weighted by Crippen LogP contribution is -2.38. The lowest BCUT2D eigenvalue weighted by atomic mass is 9.86. The number of rotatable bonds is 4. The maximum absolute atomic E-state index is 12.3. The average Bonchev–Trinajstić information content (AvgIpc) is 2.48. The molecule has 0 saturated carbocycles. The monoisotopic (exact) mass is 297 g/mol. The van der Waals surface area contributed by atoms with Crippen molar-refractivity contribution in [1.82, 2.24) is 5.32 Å². The molecular weight excluding hydrogens is 276 g/mol. The molecule has 1 N–H and O–H groups in total. The molecule has 1 heterocycles. The molecule has 116 valence electrons. The number of hydrogen-bond donors (Lipinski definition) is 1. The van der Waals surface area contributed by atoms with Gasteiger partial charge in [-0.2, -0.15) is 8.78 Å². The Bertz CT molecular complexity index is 475. The first-order chi connectivity index (χ1) is 10.2. The SMILES string of the molecule is FC(F)Oc1ccc2c(c1)CCCC2NC1CCOCC1. The smallest absolute Gasteiger partial charge is 0.387 e. The summed E-state index contributed by atoms with van der Waals surface area (Å²) in [5.41, 5.74) is 2.36. The van der Waals surface area contributed by atoms with Crippen LogP contribution in [0.25, 0.3) is 0 Å². The highest BCUT2D eigenvalue weighted by atomic mass is 19.3. The van der Waals surface area contributed by atoms with Crippen LogP contribution in [0.2, 0.25) is 0 Å². The minimum absolute atomic E-state index is 0.260. The quantitative estimate of drug-likeness (QED) is 0.923. The highest BCUT2D eigenvalue weighted by molar-refractivity contribution is 5.39. The maximum atomic E-state index is 12.3. The summed E-state index contributed by atoms with van der Waals surface area (Å²) in [5.74, 6) is 0.260. The summed E-state index contributed by atoms with van der Waals surface area (Å²) in [6.45, 7) is -1.13. The third kappa shape index (κ3) is 3.71. The van der Waals surface area contributed by atoms with Gasteiger partial charge in [0, 0.05) is 25.3 Å². The van der Waals surface area contributed by atoms with Gasteiger partial charge in [0.05, 0.1) is 0 Å². The van der Waals surface area contributed by atoms with Crippen molar-refractivity contribution in [3.8, 4) is 5.75 Å². The van der Waals surface area contributed by atoms with Gasteiger partial charge in [-0.15, -0.1) is 0 Å². The second-order valence-corrected chi connectivity index (χ2v) is 5.74. The van der Waals surface area contributed by atoms with Crippen LogP contribution in [0.3, 0.4) is 0 Å². The van der Waals surface area contributed by atoms with E-state index in [0.29, 0.717) is 12.1 Å². The zero-order valence-corrected chi connectivity index (χ0v) is 12.0. The zero-order chi connectivity index (χ0) is 14.7. The number of ether oxygens (including phenoxy) is 2. The lowest BCUT2D eigenvalue weighted by molar-refractivity contribution is -0.0499. The summed E-state index contributed by atoms with van der Waals surface area (Å²) in [5, 5.41) is 3.71. The summed E-state index contributed by atoms with van der Waals surface area (Å²) in [7, 11) is 0. The van der Waals surface area contributed by atoms with Crippen LogP contribution in [0.15, 0.2) is 18.2 Å². The van der Waals surface area contributed by atoms with Crippen LogP contribution in [-0.2, 0) is 11.2 Å². The average molecular weight is 297 g/mol. The largest absolute Gasteiger partial charge is 0.435 e. The maximum Gasteiger partial charge on any atom is 0.387 e. The number of alkyl halides is 2. The van der Waals surface area contributed by atoms with Crippen LogP contribution in [0.4, 0.5) is 8.78 Å². The van der Waals surface area contributed by atoms with Crippen LogP contribution < -0.4 is 10.1 Å². The highest BCUT2D eigenvalue weighted by Crippen LogP contribution is 2.33. The minimum Gasteiger partial charge on any atom is -0.435 e. The van der Waals surface area contributed by atoms with Crippen LogP contribution in [0.5, 0.6) is 5.75 Å². The Hall–Kier alpha value is -1.20. The van der Waals surface area contributed by atoms with E-state index >= 15 is 0 Å². The number of nitrogens with one attached hydrogen (secondary N) is 1. The third-order valence-electron chi connectivity index (χ3n) is 4.31. The first-order valence-electron chi connectivity index (χ1n) is 7.64. The normalized spacial score (nSPS) is 23.1. The van der Waals surface area contributed by atoms with Crippen molar-refractivity contribution in [2.45, 2.75) is 50.8 Å². The molecule has 0 bridgehead atoms. The molecule has 2 aliphatic rings. The molecule has 0 spiro atoms. The van der Waals surface area contributed by atoms with Gasteiger partial charge in [0.2, 0.25) is 0 Å². The number of aryl methyl sites for hydroxylation is 1. The Morgan fingerprint density at radius 1 is 1.19 bits per heavy atom. The number of hydrogen-bond acceptors (Lipinski definition) is 3. The number of fused-ring (bicyclic) bond motifs is 1. The van der Waals surface area contributed by atoms with Gasteiger partial charge < -0.3 is 14.8 Å². The second kappa shape index (κ2) is 6.71. The lowest BCUT2D eigenvalue weighted by Gasteiger charge is -2.32. The summed E-state index contributed by atoms with van der Waals surface area (Å²) in [6.07, 6.45) is 5.18. The molecule has 1 atom stereocenters. The first-order valence-corrected chi connectivity index (χ1v) is 7.64. The summed E-state index contributed by atoms with van der Waals surface area (Å²) >= 11 is 0. The molecule has 0 amide bonds. The molecule has 1 fully saturated rings. The topological polar surface area (TPSA) is 30.5 Å². The molecule has 5 heteroatoms. The first kappa shape index (κ1) is 14.7. The Balaban J connectivity index is 1.71. The highest BCUT2D eigenvalue weighted by Gasteiger charge is 2.24. The van der Waals surface area contributed by atoms with E-state index in [2.05, 4.69) is 10.1 Å². The predicted molar refractivity (Wildman–Crippen MR) is 75.7 cm³/mol.